The van der Waals surface area contributed by atoms with Crippen LogP contribution in [0.1, 0.15) is 26.3 Å². The molecule has 0 aromatic carbocycles. The molecule has 2 rings (SSSR count). The maximum Gasteiger partial charge on any atom is 0.215 e. The van der Waals surface area contributed by atoms with Crippen LogP contribution in [0.15, 0.2) is 6.20 Å². The van der Waals surface area contributed by atoms with Crippen molar-refractivity contribution >= 4 is 0 Å². The number of ether oxygens (including phenoxy) is 1. The summed E-state index contributed by atoms with van der Waals surface area (Å²) in [6.07, 6.45) is 1.92. The van der Waals surface area contributed by atoms with E-state index in [0.29, 0.717) is 6.04 Å². The summed E-state index contributed by atoms with van der Waals surface area (Å²) in [5.74, 6) is 0.939. The molecule has 0 bridgehead atoms. The van der Waals surface area contributed by atoms with Crippen molar-refractivity contribution in [3.8, 4) is 5.88 Å². The van der Waals surface area contributed by atoms with Crippen LogP contribution in [0.4, 0.5) is 0 Å². The Labute approximate surface area is 90.6 Å². The van der Waals surface area contributed by atoms with Crippen LogP contribution in [0.5, 0.6) is 5.88 Å². The van der Waals surface area contributed by atoms with Crippen molar-refractivity contribution in [2.24, 2.45) is 0 Å². The lowest BCUT2D eigenvalue weighted by Gasteiger charge is -2.26. The van der Waals surface area contributed by atoms with Gasteiger partial charge in [-0.2, -0.15) is 5.10 Å². The van der Waals surface area contributed by atoms with Gasteiger partial charge in [-0.25, -0.2) is 4.68 Å². The zero-order chi connectivity index (χ0) is 11.1. The first-order valence-corrected chi connectivity index (χ1v) is 5.38. The highest BCUT2D eigenvalue weighted by molar-refractivity contribution is 5.32. The fourth-order valence-electron chi connectivity index (χ4n) is 1.79. The molecule has 1 aromatic heterocycles. The van der Waals surface area contributed by atoms with Gasteiger partial charge in [-0.05, 0) is 12.5 Å². The summed E-state index contributed by atoms with van der Waals surface area (Å²) in [5.41, 5.74) is 1.29. The highest BCUT2D eigenvalue weighted by Gasteiger charge is 2.27. The van der Waals surface area contributed by atoms with Crippen molar-refractivity contribution in [3.05, 3.63) is 11.8 Å². The molecule has 0 spiro atoms. The van der Waals surface area contributed by atoms with E-state index in [2.05, 4.69) is 31.2 Å². The van der Waals surface area contributed by atoms with Crippen LogP contribution in [-0.2, 0) is 12.0 Å². The molecule has 0 aliphatic carbocycles. The molecule has 1 unspecified atom stereocenters. The molecule has 1 aliphatic heterocycles. The molecule has 84 valence electrons. The molecular formula is C11H19N3O. The van der Waals surface area contributed by atoms with Crippen LogP contribution in [0.3, 0.4) is 0 Å². The predicted octanol–water partition coefficient (Wildman–Crippen LogP) is 1.16. The molecule has 0 saturated carbocycles. The second-order valence-electron chi connectivity index (χ2n) is 5.09. The third-order valence-electron chi connectivity index (χ3n) is 2.82. The number of nitrogens with one attached hydrogen (secondary N) is 1. The fraction of sp³-hybridized carbons (Fsp3) is 0.727. The van der Waals surface area contributed by atoms with Gasteiger partial charge in [0.2, 0.25) is 5.88 Å². The Morgan fingerprint density at radius 1 is 1.53 bits per heavy atom. The van der Waals surface area contributed by atoms with E-state index in [1.807, 2.05) is 17.9 Å². The summed E-state index contributed by atoms with van der Waals surface area (Å²) < 4.78 is 7.71. The van der Waals surface area contributed by atoms with E-state index in [4.69, 9.17) is 4.74 Å². The fourth-order valence-corrected chi connectivity index (χ4v) is 1.79. The Hall–Kier alpha value is -1.03. The van der Waals surface area contributed by atoms with Crippen LogP contribution in [0.25, 0.3) is 0 Å². The van der Waals surface area contributed by atoms with Crippen LogP contribution in [-0.4, -0.2) is 29.5 Å². The van der Waals surface area contributed by atoms with Crippen LogP contribution in [0.2, 0.25) is 0 Å². The number of rotatable bonds is 1. The van der Waals surface area contributed by atoms with Gasteiger partial charge >= 0.3 is 0 Å². The third-order valence-corrected chi connectivity index (χ3v) is 2.82. The van der Waals surface area contributed by atoms with Gasteiger partial charge in [0.15, 0.2) is 0 Å². The molecule has 1 aliphatic rings. The van der Waals surface area contributed by atoms with Crippen molar-refractivity contribution in [2.75, 3.05) is 13.7 Å². The van der Waals surface area contributed by atoms with Crippen LogP contribution < -0.4 is 10.1 Å². The van der Waals surface area contributed by atoms with E-state index < -0.39 is 0 Å². The maximum absolute atomic E-state index is 5.76. The average Bonchev–Trinajstić information content (AvgIpc) is 2.59. The molecule has 1 atom stereocenters. The van der Waals surface area contributed by atoms with Crippen molar-refractivity contribution in [1.82, 2.24) is 15.1 Å². The van der Waals surface area contributed by atoms with E-state index in [1.54, 1.807) is 0 Å². The summed E-state index contributed by atoms with van der Waals surface area (Å²) >= 11 is 0. The topological polar surface area (TPSA) is 39.1 Å². The number of aromatic nitrogens is 2. The molecular weight excluding hydrogens is 190 g/mol. The molecule has 0 saturated heterocycles. The van der Waals surface area contributed by atoms with Gasteiger partial charge in [0, 0.05) is 5.56 Å². The normalized spacial score (nSPS) is 20.9. The molecule has 0 radical (unpaired) electrons. The lowest BCUT2D eigenvalue weighted by molar-refractivity contribution is 0.185. The molecule has 4 nitrogen and oxygen atoms in total. The summed E-state index contributed by atoms with van der Waals surface area (Å²) in [4.78, 5) is 0. The summed E-state index contributed by atoms with van der Waals surface area (Å²) in [5, 5.41) is 7.58. The number of hydrogen-bond donors (Lipinski definition) is 1. The minimum atomic E-state index is 0.0973. The Balaban J connectivity index is 2.30. The maximum atomic E-state index is 5.76. The lowest BCUT2D eigenvalue weighted by Crippen LogP contribution is -2.40. The lowest BCUT2D eigenvalue weighted by atomic mass is 9.89. The van der Waals surface area contributed by atoms with E-state index in [-0.39, 0.29) is 5.41 Å². The Kier molecular flexibility index (Phi) is 2.46. The largest absolute Gasteiger partial charge is 0.476 e. The van der Waals surface area contributed by atoms with Gasteiger partial charge in [-0.3, -0.25) is 0 Å². The number of likely N-dealkylation sites (N-methyl/N-ethyl adjacent to an activating group) is 1. The first kappa shape index (κ1) is 10.5. The number of fused-ring (bicyclic) bond motifs is 1. The highest BCUT2D eigenvalue weighted by atomic mass is 16.5. The van der Waals surface area contributed by atoms with Gasteiger partial charge in [-0.15, -0.1) is 0 Å². The summed E-state index contributed by atoms with van der Waals surface area (Å²) in [6, 6.07) is 0.366. The molecule has 1 N–H and O–H groups in total. The minimum Gasteiger partial charge on any atom is -0.476 e. The highest BCUT2D eigenvalue weighted by Crippen LogP contribution is 2.32. The first-order valence-electron chi connectivity index (χ1n) is 5.38. The number of hydrogen-bond acceptors (Lipinski definition) is 3. The summed E-state index contributed by atoms with van der Waals surface area (Å²) in [7, 11) is 1.95. The van der Waals surface area contributed by atoms with Crippen LogP contribution >= 0.6 is 0 Å². The third kappa shape index (κ3) is 1.86. The molecule has 0 fully saturated rings. The van der Waals surface area contributed by atoms with E-state index in [1.165, 1.54) is 5.56 Å². The Bertz CT molecular complexity index is 351. The second-order valence-corrected chi connectivity index (χ2v) is 5.09. The SMILES string of the molecule is CNC1COc2c(C(C)(C)C)cnn2C1. The molecule has 2 heterocycles. The monoisotopic (exact) mass is 209 g/mol. The van der Waals surface area contributed by atoms with E-state index in [9.17, 15) is 0 Å². The van der Waals surface area contributed by atoms with Crippen LogP contribution in [0, 0.1) is 0 Å². The quantitative estimate of drug-likeness (QED) is 0.754. The van der Waals surface area contributed by atoms with Crippen molar-refractivity contribution in [2.45, 2.75) is 38.8 Å². The van der Waals surface area contributed by atoms with Gasteiger partial charge in [-0.1, -0.05) is 20.8 Å². The van der Waals surface area contributed by atoms with Gasteiger partial charge in [0.1, 0.15) is 6.61 Å². The second kappa shape index (κ2) is 3.52. The molecule has 4 heteroatoms. The molecule has 0 amide bonds. The average molecular weight is 209 g/mol. The smallest absolute Gasteiger partial charge is 0.215 e. The van der Waals surface area contributed by atoms with E-state index >= 15 is 0 Å². The standard InChI is InChI=1S/C11H19N3O/c1-11(2,3)9-5-13-14-6-8(12-4)7-15-10(9)14/h5,8,12H,6-7H2,1-4H3. The molecule has 1 aromatic rings. The zero-order valence-corrected chi connectivity index (χ0v) is 9.87. The number of nitrogens with zero attached hydrogens (tertiary/aromatic N) is 2. The van der Waals surface area contributed by atoms with Gasteiger partial charge in [0.05, 0.1) is 18.8 Å². The first-order chi connectivity index (χ1) is 7.02. The zero-order valence-electron chi connectivity index (χ0n) is 9.87. The summed E-state index contributed by atoms with van der Waals surface area (Å²) in [6.45, 7) is 8.16. The predicted molar refractivity (Wildman–Crippen MR) is 59.3 cm³/mol. The Morgan fingerprint density at radius 3 is 2.87 bits per heavy atom. The van der Waals surface area contributed by atoms with Crippen molar-refractivity contribution in [3.63, 3.8) is 0 Å². The van der Waals surface area contributed by atoms with Crippen molar-refractivity contribution in [1.29, 1.82) is 0 Å². The van der Waals surface area contributed by atoms with Crippen molar-refractivity contribution < 1.29 is 4.74 Å². The van der Waals surface area contributed by atoms with Gasteiger partial charge < -0.3 is 10.1 Å². The molecule has 15 heavy (non-hydrogen) atoms. The van der Waals surface area contributed by atoms with E-state index in [0.717, 1.165) is 19.0 Å². The van der Waals surface area contributed by atoms with Gasteiger partial charge in [0.25, 0.3) is 0 Å². The minimum absolute atomic E-state index is 0.0973. The Morgan fingerprint density at radius 2 is 2.27 bits per heavy atom.